The minimum Gasteiger partial charge on any atom is -0.493 e. The van der Waals surface area contributed by atoms with Crippen LogP contribution in [0.15, 0.2) is 30.7 Å². The molecule has 0 saturated carbocycles. The first-order chi connectivity index (χ1) is 9.30. The lowest BCUT2D eigenvalue weighted by molar-refractivity contribution is 0.391. The van der Waals surface area contributed by atoms with E-state index in [0.717, 1.165) is 30.0 Å². The largest absolute Gasteiger partial charge is 0.493 e. The molecular weight excluding hydrogens is 242 g/mol. The minimum atomic E-state index is -0.0557. The molecule has 0 amide bonds. The van der Waals surface area contributed by atoms with Crippen LogP contribution < -0.4 is 16.0 Å². The average Bonchev–Trinajstić information content (AvgIpc) is 2.88. The van der Waals surface area contributed by atoms with Crippen molar-refractivity contribution in [2.24, 2.45) is 5.84 Å². The van der Waals surface area contributed by atoms with Crippen molar-refractivity contribution in [1.29, 1.82) is 0 Å². The predicted octanol–water partition coefficient (Wildman–Crippen LogP) is 1.05. The molecule has 2 rings (SSSR count). The number of pyridine rings is 1. The number of nitrogens with zero attached hydrogens (tertiary/aromatic N) is 3. The second-order valence-electron chi connectivity index (χ2n) is 4.19. The zero-order valence-electron chi connectivity index (χ0n) is 11.2. The van der Waals surface area contributed by atoms with E-state index in [1.165, 1.54) is 0 Å². The van der Waals surface area contributed by atoms with Crippen molar-refractivity contribution in [1.82, 2.24) is 20.2 Å². The maximum atomic E-state index is 5.70. The smallest absolute Gasteiger partial charge is 0.161 e. The SMILES string of the molecule is CCn1ncc(OC)c1C(Cc1ccncc1)NN. The van der Waals surface area contributed by atoms with E-state index in [4.69, 9.17) is 10.6 Å². The van der Waals surface area contributed by atoms with Gasteiger partial charge in [0.25, 0.3) is 0 Å². The summed E-state index contributed by atoms with van der Waals surface area (Å²) in [5.41, 5.74) is 4.96. The van der Waals surface area contributed by atoms with Crippen LogP contribution in [0.1, 0.15) is 24.2 Å². The highest BCUT2D eigenvalue weighted by atomic mass is 16.5. The second kappa shape index (κ2) is 6.31. The first-order valence-electron chi connectivity index (χ1n) is 6.24. The number of hydrogen-bond acceptors (Lipinski definition) is 5. The molecule has 2 heterocycles. The second-order valence-corrected chi connectivity index (χ2v) is 4.19. The summed E-state index contributed by atoms with van der Waals surface area (Å²) in [5, 5.41) is 4.30. The molecule has 2 aromatic heterocycles. The van der Waals surface area contributed by atoms with Gasteiger partial charge in [-0.1, -0.05) is 0 Å². The summed E-state index contributed by atoms with van der Waals surface area (Å²) in [6.45, 7) is 2.81. The summed E-state index contributed by atoms with van der Waals surface area (Å²) < 4.78 is 7.25. The number of nitrogens with two attached hydrogens (primary N) is 1. The average molecular weight is 261 g/mol. The Hall–Kier alpha value is -1.92. The number of rotatable bonds is 6. The van der Waals surface area contributed by atoms with Gasteiger partial charge < -0.3 is 4.74 Å². The number of hydrazine groups is 1. The summed E-state index contributed by atoms with van der Waals surface area (Å²) >= 11 is 0. The molecule has 0 saturated heterocycles. The van der Waals surface area contributed by atoms with E-state index in [9.17, 15) is 0 Å². The van der Waals surface area contributed by atoms with Crippen LogP contribution in [-0.4, -0.2) is 21.9 Å². The molecule has 3 N–H and O–H groups in total. The molecule has 0 aliphatic carbocycles. The van der Waals surface area contributed by atoms with Crippen LogP contribution in [0.3, 0.4) is 0 Å². The summed E-state index contributed by atoms with van der Waals surface area (Å²) in [6, 6.07) is 3.90. The zero-order chi connectivity index (χ0) is 13.7. The summed E-state index contributed by atoms with van der Waals surface area (Å²) in [5.74, 6) is 6.45. The number of aryl methyl sites for hydroxylation is 1. The highest BCUT2D eigenvalue weighted by Gasteiger charge is 2.20. The standard InChI is InChI=1S/C13H19N5O/c1-3-18-13(12(19-2)9-16-18)11(17-14)8-10-4-6-15-7-5-10/h4-7,9,11,17H,3,8,14H2,1-2H3. The third kappa shape index (κ3) is 2.91. The fourth-order valence-electron chi connectivity index (χ4n) is 2.13. The van der Waals surface area contributed by atoms with Gasteiger partial charge in [0.05, 0.1) is 25.0 Å². The van der Waals surface area contributed by atoms with Crippen molar-refractivity contribution in [3.05, 3.63) is 42.0 Å². The molecule has 0 radical (unpaired) electrons. The lowest BCUT2D eigenvalue weighted by Gasteiger charge is -2.18. The quantitative estimate of drug-likeness (QED) is 0.600. The molecule has 2 aromatic rings. The van der Waals surface area contributed by atoms with Crippen molar-refractivity contribution in [2.45, 2.75) is 25.9 Å². The Morgan fingerprint density at radius 1 is 1.42 bits per heavy atom. The number of nitrogens with one attached hydrogen (secondary N) is 1. The van der Waals surface area contributed by atoms with Gasteiger partial charge in [0, 0.05) is 18.9 Å². The zero-order valence-corrected chi connectivity index (χ0v) is 11.2. The lowest BCUT2D eigenvalue weighted by atomic mass is 10.0. The Morgan fingerprint density at radius 2 is 2.16 bits per heavy atom. The maximum absolute atomic E-state index is 5.70. The molecule has 0 aliphatic rings. The monoisotopic (exact) mass is 261 g/mol. The summed E-state index contributed by atoms with van der Waals surface area (Å²) in [4.78, 5) is 4.01. The fourth-order valence-corrected chi connectivity index (χ4v) is 2.13. The van der Waals surface area contributed by atoms with Crippen molar-refractivity contribution in [2.75, 3.05) is 7.11 Å². The van der Waals surface area contributed by atoms with E-state index in [1.54, 1.807) is 25.7 Å². The Balaban J connectivity index is 2.29. The van der Waals surface area contributed by atoms with Crippen LogP contribution in [0.5, 0.6) is 5.75 Å². The van der Waals surface area contributed by atoms with Crippen molar-refractivity contribution in [3.8, 4) is 5.75 Å². The van der Waals surface area contributed by atoms with Crippen LogP contribution in [0.2, 0.25) is 0 Å². The van der Waals surface area contributed by atoms with Gasteiger partial charge in [-0.15, -0.1) is 0 Å². The van der Waals surface area contributed by atoms with Gasteiger partial charge in [0.2, 0.25) is 0 Å². The molecule has 0 bridgehead atoms. The van der Waals surface area contributed by atoms with Crippen molar-refractivity contribution in [3.63, 3.8) is 0 Å². The van der Waals surface area contributed by atoms with Gasteiger partial charge in [-0.3, -0.25) is 20.9 Å². The van der Waals surface area contributed by atoms with E-state index < -0.39 is 0 Å². The normalized spacial score (nSPS) is 12.4. The van der Waals surface area contributed by atoms with Gasteiger partial charge >= 0.3 is 0 Å². The van der Waals surface area contributed by atoms with Crippen molar-refractivity contribution < 1.29 is 4.74 Å². The molecular formula is C13H19N5O. The molecule has 6 heteroatoms. The third-order valence-electron chi connectivity index (χ3n) is 3.08. The number of hydrogen-bond donors (Lipinski definition) is 2. The third-order valence-corrected chi connectivity index (χ3v) is 3.08. The van der Waals surface area contributed by atoms with Gasteiger partial charge in [0.1, 0.15) is 0 Å². The highest BCUT2D eigenvalue weighted by Crippen LogP contribution is 2.26. The number of ether oxygens (including phenoxy) is 1. The van der Waals surface area contributed by atoms with Crippen LogP contribution >= 0.6 is 0 Å². The molecule has 19 heavy (non-hydrogen) atoms. The van der Waals surface area contributed by atoms with E-state index in [0.29, 0.717) is 0 Å². The van der Waals surface area contributed by atoms with Crippen LogP contribution in [0, 0.1) is 0 Å². The summed E-state index contributed by atoms with van der Waals surface area (Å²) in [7, 11) is 1.64. The van der Waals surface area contributed by atoms with Gasteiger partial charge in [0.15, 0.2) is 5.75 Å². The predicted molar refractivity (Wildman–Crippen MR) is 72.5 cm³/mol. The molecule has 102 valence electrons. The van der Waals surface area contributed by atoms with Gasteiger partial charge in [-0.05, 0) is 31.0 Å². The molecule has 1 unspecified atom stereocenters. The topological polar surface area (TPSA) is 78.0 Å². The Morgan fingerprint density at radius 3 is 2.74 bits per heavy atom. The molecule has 1 atom stereocenters. The van der Waals surface area contributed by atoms with E-state index in [2.05, 4.69) is 15.5 Å². The molecule has 0 aliphatic heterocycles. The van der Waals surface area contributed by atoms with Crippen LogP contribution in [0.4, 0.5) is 0 Å². The van der Waals surface area contributed by atoms with E-state index >= 15 is 0 Å². The number of methoxy groups -OCH3 is 1. The Labute approximate surface area is 112 Å². The fraction of sp³-hybridized carbons (Fsp3) is 0.385. The minimum absolute atomic E-state index is 0.0557. The Bertz CT molecular complexity index is 490. The number of aromatic nitrogens is 3. The first-order valence-corrected chi connectivity index (χ1v) is 6.24. The Kier molecular flexibility index (Phi) is 4.48. The van der Waals surface area contributed by atoms with Crippen LogP contribution in [0.25, 0.3) is 0 Å². The maximum Gasteiger partial charge on any atom is 0.161 e. The summed E-state index contributed by atoms with van der Waals surface area (Å²) in [6.07, 6.45) is 6.02. The molecule has 0 spiro atoms. The van der Waals surface area contributed by atoms with Gasteiger partial charge in [-0.25, -0.2) is 0 Å². The first kappa shape index (κ1) is 13.5. The van der Waals surface area contributed by atoms with Crippen molar-refractivity contribution >= 4 is 0 Å². The molecule has 0 fully saturated rings. The molecule has 0 aromatic carbocycles. The van der Waals surface area contributed by atoms with Crippen LogP contribution in [-0.2, 0) is 13.0 Å². The highest BCUT2D eigenvalue weighted by molar-refractivity contribution is 5.30. The molecule has 6 nitrogen and oxygen atoms in total. The van der Waals surface area contributed by atoms with Gasteiger partial charge in [-0.2, -0.15) is 5.10 Å². The van der Waals surface area contributed by atoms with E-state index in [1.807, 2.05) is 23.7 Å². The van der Waals surface area contributed by atoms with E-state index in [-0.39, 0.29) is 6.04 Å². The lowest BCUT2D eigenvalue weighted by Crippen LogP contribution is -2.31.